The SMILES string of the molecule is c1ccc2c(c1)C[C@H]1[C@@H](c3ccc4c(c3)OCO4)c3cc4c(cc3O[C@@H]21)OCO4. The van der Waals surface area contributed by atoms with Gasteiger partial charge in [-0.2, -0.15) is 0 Å². The summed E-state index contributed by atoms with van der Waals surface area (Å²) in [6.45, 7) is 0.530. The van der Waals surface area contributed by atoms with E-state index in [1.807, 2.05) is 12.1 Å². The molecule has 3 atom stereocenters. The van der Waals surface area contributed by atoms with Crippen molar-refractivity contribution in [2.45, 2.75) is 18.4 Å². The molecule has 0 amide bonds. The van der Waals surface area contributed by atoms with Gasteiger partial charge in [-0.05, 0) is 41.3 Å². The van der Waals surface area contributed by atoms with Crippen LogP contribution in [0.5, 0.6) is 28.7 Å². The molecule has 4 aliphatic rings. The fourth-order valence-corrected chi connectivity index (χ4v) is 5.22. The molecule has 3 aromatic carbocycles. The molecule has 0 spiro atoms. The van der Waals surface area contributed by atoms with Crippen LogP contribution in [0.15, 0.2) is 54.6 Å². The maximum Gasteiger partial charge on any atom is 0.231 e. The van der Waals surface area contributed by atoms with E-state index in [-0.39, 0.29) is 25.6 Å². The van der Waals surface area contributed by atoms with Crippen molar-refractivity contribution in [3.8, 4) is 28.7 Å². The topological polar surface area (TPSA) is 46.2 Å². The van der Waals surface area contributed by atoms with Gasteiger partial charge in [-0.1, -0.05) is 30.3 Å². The average Bonchev–Trinajstić information content (AvgIpc) is 3.47. The summed E-state index contributed by atoms with van der Waals surface area (Å²) in [4.78, 5) is 0. The normalized spacial score (nSPS) is 24.5. The molecule has 5 nitrogen and oxygen atoms in total. The van der Waals surface area contributed by atoms with Gasteiger partial charge in [0.25, 0.3) is 0 Å². The van der Waals surface area contributed by atoms with Crippen LogP contribution in [-0.4, -0.2) is 13.6 Å². The Labute approximate surface area is 167 Å². The number of ether oxygens (including phenoxy) is 5. The summed E-state index contributed by atoms with van der Waals surface area (Å²) in [7, 11) is 0. The highest BCUT2D eigenvalue weighted by atomic mass is 16.7. The molecule has 0 fully saturated rings. The first-order valence-electron chi connectivity index (χ1n) is 9.93. The van der Waals surface area contributed by atoms with E-state index in [9.17, 15) is 0 Å². The molecule has 0 bridgehead atoms. The highest BCUT2D eigenvalue weighted by Gasteiger charge is 2.45. The summed E-state index contributed by atoms with van der Waals surface area (Å²) in [5.74, 6) is 4.49. The lowest BCUT2D eigenvalue weighted by atomic mass is 9.76. The molecule has 0 radical (unpaired) electrons. The molecule has 0 unspecified atom stereocenters. The van der Waals surface area contributed by atoms with Gasteiger partial charge in [-0.15, -0.1) is 0 Å². The van der Waals surface area contributed by atoms with E-state index >= 15 is 0 Å². The van der Waals surface area contributed by atoms with Crippen LogP contribution in [0.25, 0.3) is 0 Å². The molecule has 0 saturated carbocycles. The van der Waals surface area contributed by atoms with Gasteiger partial charge in [0.1, 0.15) is 11.9 Å². The third-order valence-corrected chi connectivity index (χ3v) is 6.48. The van der Waals surface area contributed by atoms with Crippen molar-refractivity contribution in [1.29, 1.82) is 0 Å². The number of fused-ring (bicyclic) bond motifs is 6. The van der Waals surface area contributed by atoms with Crippen LogP contribution >= 0.6 is 0 Å². The van der Waals surface area contributed by atoms with Crippen LogP contribution in [0.2, 0.25) is 0 Å². The van der Waals surface area contributed by atoms with Gasteiger partial charge in [0.15, 0.2) is 23.0 Å². The molecule has 29 heavy (non-hydrogen) atoms. The molecule has 7 rings (SSSR count). The van der Waals surface area contributed by atoms with Crippen molar-refractivity contribution in [2.24, 2.45) is 5.92 Å². The predicted octanol–water partition coefficient (Wildman–Crippen LogP) is 4.58. The van der Waals surface area contributed by atoms with Gasteiger partial charge in [0.05, 0.1) is 0 Å². The molecular formula is C24H18O5. The zero-order valence-corrected chi connectivity index (χ0v) is 15.6. The minimum Gasteiger partial charge on any atom is -0.485 e. The lowest BCUT2D eigenvalue weighted by Crippen LogP contribution is -2.28. The minimum absolute atomic E-state index is 0.0227. The molecule has 0 N–H and O–H groups in total. The largest absolute Gasteiger partial charge is 0.485 e. The molecule has 5 heteroatoms. The lowest BCUT2D eigenvalue weighted by Gasteiger charge is -2.37. The first-order valence-corrected chi connectivity index (χ1v) is 9.93. The van der Waals surface area contributed by atoms with E-state index in [2.05, 4.69) is 42.5 Å². The molecule has 3 heterocycles. The fraction of sp³-hybridized carbons (Fsp3) is 0.250. The van der Waals surface area contributed by atoms with Crippen molar-refractivity contribution in [1.82, 2.24) is 0 Å². The standard InChI is InChI=1S/C24H18O5/c1-2-4-15-13(3-1)7-17-23(14-5-6-18-20(8-14)26-11-25-18)16-9-21-22(28-12-27-21)10-19(16)29-24(15)17/h1-6,8-10,17,23-24H,7,11-12H2/t17-,23-,24-/m0/s1. The van der Waals surface area contributed by atoms with Crippen molar-refractivity contribution >= 4 is 0 Å². The summed E-state index contributed by atoms with van der Waals surface area (Å²) >= 11 is 0. The highest BCUT2D eigenvalue weighted by Crippen LogP contribution is 2.57. The second kappa shape index (κ2) is 5.60. The van der Waals surface area contributed by atoms with Gasteiger partial charge in [-0.3, -0.25) is 0 Å². The molecule has 144 valence electrons. The van der Waals surface area contributed by atoms with E-state index in [1.54, 1.807) is 0 Å². The highest BCUT2D eigenvalue weighted by molar-refractivity contribution is 5.59. The summed E-state index contributed by atoms with van der Waals surface area (Å²) in [5.41, 5.74) is 5.00. The monoisotopic (exact) mass is 386 g/mol. The first kappa shape index (κ1) is 15.6. The van der Waals surface area contributed by atoms with Crippen molar-refractivity contribution in [3.05, 3.63) is 76.9 Å². The van der Waals surface area contributed by atoms with E-state index < -0.39 is 0 Å². The van der Waals surface area contributed by atoms with Crippen LogP contribution in [0.3, 0.4) is 0 Å². The number of rotatable bonds is 1. The quantitative estimate of drug-likeness (QED) is 0.613. The van der Waals surface area contributed by atoms with Crippen molar-refractivity contribution < 1.29 is 23.7 Å². The van der Waals surface area contributed by atoms with Crippen LogP contribution in [0.1, 0.15) is 34.3 Å². The maximum atomic E-state index is 6.56. The summed E-state index contributed by atoms with van der Waals surface area (Å²) in [5, 5.41) is 0. The first-order chi connectivity index (χ1) is 14.3. The Morgan fingerprint density at radius 3 is 2.31 bits per heavy atom. The summed E-state index contributed by atoms with van der Waals surface area (Å²) in [6.07, 6.45) is 1.00. The Hall–Kier alpha value is -3.34. The van der Waals surface area contributed by atoms with Gasteiger partial charge in [0, 0.05) is 23.5 Å². The molecule has 3 aromatic rings. The summed E-state index contributed by atoms with van der Waals surface area (Å²) < 4.78 is 29.0. The fourth-order valence-electron chi connectivity index (χ4n) is 5.22. The van der Waals surface area contributed by atoms with E-state index in [0.717, 1.165) is 40.7 Å². The number of hydrogen-bond donors (Lipinski definition) is 0. The maximum absolute atomic E-state index is 6.56. The average molecular weight is 386 g/mol. The Morgan fingerprint density at radius 2 is 1.41 bits per heavy atom. The molecule has 1 aliphatic carbocycles. The predicted molar refractivity (Wildman–Crippen MR) is 104 cm³/mol. The third-order valence-electron chi connectivity index (χ3n) is 6.48. The summed E-state index contributed by atoms with van der Waals surface area (Å²) in [6, 6.07) is 19.0. The second-order valence-corrected chi connectivity index (χ2v) is 7.94. The number of benzene rings is 3. The Kier molecular flexibility index (Phi) is 3.00. The molecule has 0 aromatic heterocycles. The molecular weight excluding hydrogens is 368 g/mol. The lowest BCUT2D eigenvalue weighted by molar-refractivity contribution is 0.115. The van der Waals surface area contributed by atoms with Crippen molar-refractivity contribution in [2.75, 3.05) is 13.6 Å². The van der Waals surface area contributed by atoms with Gasteiger partial charge in [-0.25, -0.2) is 0 Å². The molecule has 3 aliphatic heterocycles. The Morgan fingerprint density at radius 1 is 0.655 bits per heavy atom. The van der Waals surface area contributed by atoms with Crippen LogP contribution in [-0.2, 0) is 6.42 Å². The van der Waals surface area contributed by atoms with Crippen LogP contribution < -0.4 is 23.7 Å². The van der Waals surface area contributed by atoms with E-state index in [0.29, 0.717) is 5.92 Å². The Balaban J connectivity index is 1.43. The van der Waals surface area contributed by atoms with Gasteiger partial charge >= 0.3 is 0 Å². The zero-order valence-electron chi connectivity index (χ0n) is 15.6. The number of hydrogen-bond acceptors (Lipinski definition) is 5. The van der Waals surface area contributed by atoms with Gasteiger partial charge < -0.3 is 23.7 Å². The van der Waals surface area contributed by atoms with E-state index in [4.69, 9.17) is 23.7 Å². The zero-order chi connectivity index (χ0) is 18.9. The second-order valence-electron chi connectivity index (χ2n) is 7.94. The third kappa shape index (κ3) is 2.15. The van der Waals surface area contributed by atoms with Crippen LogP contribution in [0.4, 0.5) is 0 Å². The smallest absolute Gasteiger partial charge is 0.231 e. The van der Waals surface area contributed by atoms with Gasteiger partial charge in [0.2, 0.25) is 13.6 Å². The van der Waals surface area contributed by atoms with Crippen molar-refractivity contribution in [3.63, 3.8) is 0 Å². The Bertz CT molecular complexity index is 1150. The molecule has 0 saturated heterocycles. The minimum atomic E-state index is 0.0227. The van der Waals surface area contributed by atoms with Crippen LogP contribution in [0, 0.1) is 5.92 Å². The van der Waals surface area contributed by atoms with E-state index in [1.165, 1.54) is 16.7 Å².